The first-order valence-corrected chi connectivity index (χ1v) is 5.95. The fourth-order valence-electron chi connectivity index (χ4n) is 1.43. The van der Waals surface area contributed by atoms with E-state index < -0.39 is 0 Å². The molecular formula is C14H20N2O. The molecule has 0 aromatic heterocycles. The molecule has 0 aliphatic carbocycles. The van der Waals surface area contributed by atoms with Gasteiger partial charge in [0.15, 0.2) is 0 Å². The maximum absolute atomic E-state index is 8.99. The molecule has 3 nitrogen and oxygen atoms in total. The standard InChI is InChI=1S/C14H20N2O/c1-10(2)14(9-15)16-12-5-7-13(8-6-12)17-11(3)4/h5-8,10-11,14,16H,1-4H3. The highest BCUT2D eigenvalue weighted by Gasteiger charge is 2.11. The van der Waals surface area contributed by atoms with E-state index in [4.69, 9.17) is 10.00 Å². The van der Waals surface area contributed by atoms with Crippen molar-refractivity contribution in [3.05, 3.63) is 24.3 Å². The summed E-state index contributed by atoms with van der Waals surface area (Å²) in [7, 11) is 0. The molecule has 0 radical (unpaired) electrons. The van der Waals surface area contributed by atoms with Gasteiger partial charge in [-0.25, -0.2) is 0 Å². The lowest BCUT2D eigenvalue weighted by atomic mass is 10.1. The van der Waals surface area contributed by atoms with Crippen LogP contribution in [0.2, 0.25) is 0 Å². The molecule has 17 heavy (non-hydrogen) atoms. The van der Waals surface area contributed by atoms with E-state index in [1.807, 2.05) is 52.0 Å². The minimum atomic E-state index is -0.160. The zero-order valence-electron chi connectivity index (χ0n) is 10.9. The number of ether oxygens (including phenoxy) is 1. The molecule has 3 heteroatoms. The van der Waals surface area contributed by atoms with E-state index in [2.05, 4.69) is 11.4 Å². The summed E-state index contributed by atoms with van der Waals surface area (Å²) in [6.45, 7) is 8.04. The molecule has 1 aromatic carbocycles. The van der Waals surface area contributed by atoms with Crippen LogP contribution >= 0.6 is 0 Å². The fourth-order valence-corrected chi connectivity index (χ4v) is 1.43. The summed E-state index contributed by atoms with van der Waals surface area (Å²) in [5.41, 5.74) is 0.946. The predicted molar refractivity (Wildman–Crippen MR) is 70.1 cm³/mol. The van der Waals surface area contributed by atoms with Crippen LogP contribution < -0.4 is 10.1 Å². The Bertz CT molecular complexity index is 376. The first-order chi connectivity index (χ1) is 8.02. The zero-order valence-corrected chi connectivity index (χ0v) is 10.9. The molecule has 0 spiro atoms. The molecule has 0 heterocycles. The summed E-state index contributed by atoms with van der Waals surface area (Å²) in [6.07, 6.45) is 0.177. The van der Waals surface area contributed by atoms with Gasteiger partial charge < -0.3 is 10.1 Å². The van der Waals surface area contributed by atoms with Gasteiger partial charge in [-0.1, -0.05) is 13.8 Å². The third-order valence-electron chi connectivity index (χ3n) is 2.35. The van der Waals surface area contributed by atoms with Crippen LogP contribution in [0.4, 0.5) is 5.69 Å². The number of hydrogen-bond donors (Lipinski definition) is 1. The second kappa shape index (κ2) is 6.15. The average molecular weight is 232 g/mol. The van der Waals surface area contributed by atoms with Crippen molar-refractivity contribution in [3.8, 4) is 11.8 Å². The minimum Gasteiger partial charge on any atom is -0.491 e. The highest BCUT2D eigenvalue weighted by Crippen LogP contribution is 2.18. The quantitative estimate of drug-likeness (QED) is 0.845. The van der Waals surface area contributed by atoms with Gasteiger partial charge in [-0.2, -0.15) is 5.26 Å². The van der Waals surface area contributed by atoms with E-state index in [-0.39, 0.29) is 18.1 Å². The molecule has 1 unspecified atom stereocenters. The van der Waals surface area contributed by atoms with Crippen LogP contribution in [-0.4, -0.2) is 12.1 Å². The molecule has 0 aliphatic rings. The fraction of sp³-hybridized carbons (Fsp3) is 0.500. The molecule has 0 aliphatic heterocycles. The maximum atomic E-state index is 8.99. The van der Waals surface area contributed by atoms with Crippen molar-refractivity contribution < 1.29 is 4.74 Å². The number of nitrogens with zero attached hydrogens (tertiary/aromatic N) is 1. The summed E-state index contributed by atoms with van der Waals surface area (Å²) in [5, 5.41) is 12.2. The van der Waals surface area contributed by atoms with E-state index in [9.17, 15) is 0 Å². The molecule has 1 rings (SSSR count). The summed E-state index contributed by atoms with van der Waals surface area (Å²) in [4.78, 5) is 0. The number of rotatable bonds is 5. The maximum Gasteiger partial charge on any atom is 0.119 e. The molecule has 0 saturated carbocycles. The van der Waals surface area contributed by atoms with Crippen molar-refractivity contribution in [1.82, 2.24) is 0 Å². The topological polar surface area (TPSA) is 45.0 Å². The van der Waals surface area contributed by atoms with Gasteiger partial charge in [0.25, 0.3) is 0 Å². The van der Waals surface area contributed by atoms with Gasteiger partial charge in [-0.3, -0.25) is 0 Å². The molecule has 0 bridgehead atoms. The number of benzene rings is 1. The van der Waals surface area contributed by atoms with Gasteiger partial charge in [0.2, 0.25) is 0 Å². The molecule has 92 valence electrons. The number of nitrogens with one attached hydrogen (secondary N) is 1. The Hall–Kier alpha value is -1.69. The molecule has 0 fully saturated rings. The van der Waals surface area contributed by atoms with Gasteiger partial charge in [0.1, 0.15) is 11.8 Å². The Labute approximate surface area is 103 Å². The Kier molecular flexibility index (Phi) is 4.84. The second-order valence-electron chi connectivity index (χ2n) is 4.69. The van der Waals surface area contributed by atoms with Crippen molar-refractivity contribution in [2.45, 2.75) is 39.8 Å². The van der Waals surface area contributed by atoms with E-state index in [0.717, 1.165) is 11.4 Å². The lowest BCUT2D eigenvalue weighted by Gasteiger charge is -2.16. The first-order valence-electron chi connectivity index (χ1n) is 5.95. The highest BCUT2D eigenvalue weighted by molar-refractivity contribution is 5.48. The third-order valence-corrected chi connectivity index (χ3v) is 2.35. The Morgan fingerprint density at radius 1 is 1.12 bits per heavy atom. The molecule has 1 atom stereocenters. The summed E-state index contributed by atoms with van der Waals surface area (Å²) >= 11 is 0. The lowest BCUT2D eigenvalue weighted by molar-refractivity contribution is 0.242. The average Bonchev–Trinajstić information content (AvgIpc) is 2.26. The predicted octanol–water partition coefficient (Wildman–Crippen LogP) is 3.43. The van der Waals surface area contributed by atoms with E-state index in [0.29, 0.717) is 0 Å². The lowest BCUT2D eigenvalue weighted by Crippen LogP contribution is -2.23. The largest absolute Gasteiger partial charge is 0.491 e. The minimum absolute atomic E-state index is 0.160. The summed E-state index contributed by atoms with van der Waals surface area (Å²) in [5.74, 6) is 1.13. The van der Waals surface area contributed by atoms with Crippen molar-refractivity contribution in [2.75, 3.05) is 5.32 Å². The molecular weight excluding hydrogens is 212 g/mol. The summed E-state index contributed by atoms with van der Waals surface area (Å²) in [6, 6.07) is 9.79. The number of anilines is 1. The van der Waals surface area contributed by atoms with Crippen LogP contribution in [0.5, 0.6) is 5.75 Å². The number of hydrogen-bond acceptors (Lipinski definition) is 3. The van der Waals surface area contributed by atoms with Crippen LogP contribution in [0, 0.1) is 17.2 Å². The van der Waals surface area contributed by atoms with E-state index in [1.165, 1.54) is 0 Å². The Morgan fingerprint density at radius 2 is 1.71 bits per heavy atom. The van der Waals surface area contributed by atoms with E-state index in [1.54, 1.807) is 0 Å². The normalized spacial score (nSPS) is 12.3. The van der Waals surface area contributed by atoms with E-state index >= 15 is 0 Å². The zero-order chi connectivity index (χ0) is 12.8. The highest BCUT2D eigenvalue weighted by atomic mass is 16.5. The van der Waals surface area contributed by atoms with Gasteiger partial charge in [-0.05, 0) is 44.0 Å². The number of nitriles is 1. The SMILES string of the molecule is CC(C)Oc1ccc(NC(C#N)C(C)C)cc1. The Balaban J connectivity index is 2.65. The third kappa shape index (κ3) is 4.36. The van der Waals surface area contributed by atoms with Crippen LogP contribution in [0.3, 0.4) is 0 Å². The molecule has 1 aromatic rings. The molecule has 0 saturated heterocycles. The van der Waals surface area contributed by atoms with Gasteiger partial charge in [0, 0.05) is 5.69 Å². The van der Waals surface area contributed by atoms with Crippen molar-refractivity contribution in [3.63, 3.8) is 0 Å². The first kappa shape index (κ1) is 13.4. The van der Waals surface area contributed by atoms with Crippen molar-refractivity contribution in [1.29, 1.82) is 5.26 Å². The molecule has 1 N–H and O–H groups in total. The van der Waals surface area contributed by atoms with Gasteiger partial charge >= 0.3 is 0 Å². The van der Waals surface area contributed by atoms with Crippen LogP contribution in [0.1, 0.15) is 27.7 Å². The Morgan fingerprint density at radius 3 is 2.12 bits per heavy atom. The molecule has 0 amide bonds. The van der Waals surface area contributed by atoms with Crippen LogP contribution in [0.25, 0.3) is 0 Å². The van der Waals surface area contributed by atoms with Crippen LogP contribution in [0.15, 0.2) is 24.3 Å². The van der Waals surface area contributed by atoms with Gasteiger partial charge in [0.05, 0.1) is 12.2 Å². The van der Waals surface area contributed by atoms with Gasteiger partial charge in [-0.15, -0.1) is 0 Å². The smallest absolute Gasteiger partial charge is 0.119 e. The monoisotopic (exact) mass is 232 g/mol. The summed E-state index contributed by atoms with van der Waals surface area (Å²) < 4.78 is 5.56. The van der Waals surface area contributed by atoms with Crippen molar-refractivity contribution >= 4 is 5.69 Å². The second-order valence-corrected chi connectivity index (χ2v) is 4.69. The van der Waals surface area contributed by atoms with Crippen LogP contribution in [-0.2, 0) is 0 Å². The van der Waals surface area contributed by atoms with Crippen molar-refractivity contribution in [2.24, 2.45) is 5.92 Å².